The van der Waals surface area contributed by atoms with Crippen LogP contribution in [0.5, 0.6) is 0 Å². The maximum Gasteiger partial charge on any atom is 0.224 e. The number of aliphatic hydroxyl groups excluding tert-OH is 8. The van der Waals surface area contributed by atoms with Gasteiger partial charge in [0.2, 0.25) is 11.8 Å². The van der Waals surface area contributed by atoms with E-state index in [4.69, 9.17) is 0 Å². The summed E-state index contributed by atoms with van der Waals surface area (Å²) in [6, 6.07) is 0. The van der Waals surface area contributed by atoms with Crippen LogP contribution < -0.4 is 9.80 Å². The van der Waals surface area contributed by atoms with Crippen LogP contribution in [0.3, 0.4) is 0 Å². The van der Waals surface area contributed by atoms with Crippen LogP contribution >= 0.6 is 136 Å². The fourth-order valence-corrected chi connectivity index (χ4v) is 16.1. The van der Waals surface area contributed by atoms with Crippen molar-refractivity contribution in [3.63, 3.8) is 0 Å². The second kappa shape index (κ2) is 27.8. The van der Waals surface area contributed by atoms with E-state index in [2.05, 4.69) is 0 Å². The predicted octanol–water partition coefficient (Wildman–Crippen LogP) is 4.76. The molecule has 8 N–H and O–H groups in total. The van der Waals surface area contributed by atoms with Crippen LogP contribution in [0, 0.1) is 21.4 Å². The highest BCUT2D eigenvalue weighted by molar-refractivity contribution is 14.1. The van der Waals surface area contributed by atoms with Gasteiger partial charge in [-0.15, -0.1) is 0 Å². The summed E-state index contributed by atoms with van der Waals surface area (Å²) in [7, 11) is 0. The third kappa shape index (κ3) is 15.6. The zero-order valence-corrected chi connectivity index (χ0v) is 46.9. The van der Waals surface area contributed by atoms with Crippen molar-refractivity contribution in [2.45, 2.75) is 109 Å². The van der Waals surface area contributed by atoms with Gasteiger partial charge in [0, 0.05) is 83.2 Å². The summed E-state index contributed by atoms with van der Waals surface area (Å²) in [6.07, 6.45) is -6.36. The van der Waals surface area contributed by atoms with E-state index >= 15 is 0 Å². The highest BCUT2D eigenvalue weighted by Crippen LogP contribution is 2.42. The van der Waals surface area contributed by atoms with Crippen LogP contribution in [0.25, 0.3) is 0 Å². The molecule has 0 aliphatic carbocycles. The molecule has 22 heteroatoms. The molecule has 346 valence electrons. The number of carbonyl (C=O) groups excluding carboxylic acids is 6. The number of amides is 2. The third-order valence-electron chi connectivity index (χ3n) is 9.71. The number of nitrogens with zero attached hydrogens (tertiary/aromatic N) is 2. The van der Waals surface area contributed by atoms with E-state index in [0.717, 1.165) is 0 Å². The number of benzene rings is 2. The number of Topliss-reactive ketones (excluding diaryl/α,β-unsaturated/α-hetero) is 4. The SMILES string of the molecule is CCC(O)CCC(=O)c1c(I)c(C(=O)CCC(O)CO)c(I)c(N(CC(O)CN(C(C)=O)c2c(I)c(C(=O)CCC(O)CO)c(I)c(C(=O)CCC(O)CO)c2I)C(C)=O)c1I. The van der Waals surface area contributed by atoms with E-state index in [1.165, 1.54) is 23.6 Å². The molecule has 2 rings (SSSR count). The lowest BCUT2D eigenvalue weighted by molar-refractivity contribution is -0.117. The maximum absolute atomic E-state index is 13.9. The summed E-state index contributed by atoms with van der Waals surface area (Å²) in [5, 5.41) is 80.2. The Bertz CT molecular complexity index is 1740. The molecule has 0 heterocycles. The minimum Gasteiger partial charge on any atom is -0.394 e. The molecule has 62 heavy (non-hydrogen) atoms. The van der Waals surface area contributed by atoms with Crippen molar-refractivity contribution in [2.24, 2.45) is 0 Å². The average Bonchev–Trinajstić information content (AvgIpc) is 3.21. The Morgan fingerprint density at radius 3 is 0.887 bits per heavy atom. The van der Waals surface area contributed by atoms with E-state index in [1.807, 2.05) is 136 Å². The van der Waals surface area contributed by atoms with E-state index < -0.39 is 98.4 Å². The highest BCUT2D eigenvalue weighted by atomic mass is 127. The molecule has 0 spiro atoms. The molecule has 0 saturated carbocycles. The second-order valence-electron chi connectivity index (χ2n) is 14.4. The van der Waals surface area contributed by atoms with E-state index in [9.17, 15) is 69.6 Å². The largest absolute Gasteiger partial charge is 0.394 e. The lowest BCUT2D eigenvalue weighted by atomic mass is 9.96. The van der Waals surface area contributed by atoms with Gasteiger partial charge in [0.25, 0.3) is 0 Å². The van der Waals surface area contributed by atoms with Crippen molar-refractivity contribution in [1.82, 2.24) is 0 Å². The van der Waals surface area contributed by atoms with Gasteiger partial charge in [-0.05, 0) is 168 Å². The summed E-state index contributed by atoms with van der Waals surface area (Å²) in [5.74, 6) is -3.11. The summed E-state index contributed by atoms with van der Waals surface area (Å²) in [4.78, 5) is 84.8. The smallest absolute Gasteiger partial charge is 0.224 e. The van der Waals surface area contributed by atoms with Crippen LogP contribution in [0.2, 0.25) is 0 Å². The van der Waals surface area contributed by atoms with Crippen LogP contribution in [0.4, 0.5) is 11.4 Å². The first-order valence-electron chi connectivity index (χ1n) is 19.3. The number of rotatable bonds is 26. The van der Waals surface area contributed by atoms with Crippen molar-refractivity contribution in [2.75, 3.05) is 42.7 Å². The van der Waals surface area contributed by atoms with Gasteiger partial charge < -0.3 is 50.7 Å². The Labute approximate surface area is 441 Å². The van der Waals surface area contributed by atoms with Crippen LogP contribution in [0.1, 0.15) is 120 Å². The highest BCUT2D eigenvalue weighted by Gasteiger charge is 2.35. The fourth-order valence-electron chi connectivity index (χ4n) is 6.16. The Balaban J connectivity index is 2.84. The molecule has 2 aromatic rings. The summed E-state index contributed by atoms with van der Waals surface area (Å²) in [6.45, 7) is 1.50. The van der Waals surface area contributed by atoms with E-state index in [0.29, 0.717) is 9.99 Å². The summed E-state index contributed by atoms with van der Waals surface area (Å²) in [5.41, 5.74) is 0.555. The Morgan fingerprint density at radius 1 is 0.435 bits per heavy atom. The van der Waals surface area contributed by atoms with Crippen LogP contribution in [0.15, 0.2) is 0 Å². The number of hydrogen-bond acceptors (Lipinski definition) is 14. The molecule has 0 aromatic heterocycles. The molecule has 0 aliphatic rings. The predicted molar refractivity (Wildman–Crippen MR) is 281 cm³/mol. The maximum atomic E-state index is 13.9. The second-order valence-corrected chi connectivity index (χ2v) is 20.9. The van der Waals surface area contributed by atoms with Gasteiger partial charge in [0.05, 0.1) is 74.8 Å². The molecular weight excluding hydrogens is 1490 g/mol. The van der Waals surface area contributed by atoms with Crippen molar-refractivity contribution in [3.8, 4) is 0 Å². The molecule has 0 aliphatic heterocycles. The Kier molecular flexibility index (Phi) is 26.1. The lowest BCUT2D eigenvalue weighted by Gasteiger charge is -2.32. The quantitative estimate of drug-likeness (QED) is 0.0466. The van der Waals surface area contributed by atoms with Crippen molar-refractivity contribution < 1.29 is 69.6 Å². The normalized spacial score (nSPS) is 13.9. The number of anilines is 2. The van der Waals surface area contributed by atoms with Gasteiger partial charge in [-0.25, -0.2) is 0 Å². The van der Waals surface area contributed by atoms with E-state index in [1.54, 1.807) is 6.92 Å². The average molecular weight is 1540 g/mol. The number of hydrogen-bond donors (Lipinski definition) is 8. The van der Waals surface area contributed by atoms with Gasteiger partial charge in [0.15, 0.2) is 23.1 Å². The van der Waals surface area contributed by atoms with Crippen molar-refractivity contribution in [1.29, 1.82) is 0 Å². The molecule has 5 atom stereocenters. The Morgan fingerprint density at radius 2 is 0.677 bits per heavy atom. The van der Waals surface area contributed by atoms with Crippen molar-refractivity contribution >= 4 is 182 Å². The molecule has 2 amide bonds. The monoisotopic (exact) mass is 1540 g/mol. The molecule has 0 radical (unpaired) electrons. The van der Waals surface area contributed by atoms with Gasteiger partial charge in [-0.3, -0.25) is 28.8 Å². The van der Waals surface area contributed by atoms with Gasteiger partial charge in [-0.2, -0.15) is 0 Å². The standard InChI is InChI=1S/C40H50I6N2O14/c1-4-20(54)5-9-25(59)29-33(41)30(26(60)10-6-21(55)15-49)36(44)39(35(29)43)47(18(2)52)13-24(58)14-48(19(3)53)40-37(45)31(27(61)11-7-22(56)16-50)34(42)32(38(40)46)28(62)12-8-23(57)17-51/h20-24,49-51,54-58H,4-17H2,1-3H3. The topological polar surface area (TPSA) is 271 Å². The lowest BCUT2D eigenvalue weighted by Crippen LogP contribution is -2.45. The van der Waals surface area contributed by atoms with Crippen LogP contribution in [-0.2, 0) is 9.59 Å². The first kappa shape index (κ1) is 58.2. The zero-order chi connectivity index (χ0) is 47.3. The number of aliphatic hydroxyl groups is 8. The van der Waals surface area contributed by atoms with Gasteiger partial charge in [-0.1, -0.05) is 6.92 Å². The zero-order valence-electron chi connectivity index (χ0n) is 34.0. The number of carbonyl (C=O) groups is 6. The minimum absolute atomic E-state index is 0.0549. The molecular formula is C40H50I6N2O14. The summed E-state index contributed by atoms with van der Waals surface area (Å²) >= 11 is 11.3. The molecule has 0 fully saturated rings. The third-order valence-corrected chi connectivity index (χ3v) is 16.1. The summed E-state index contributed by atoms with van der Waals surface area (Å²) < 4.78 is 1.57. The van der Waals surface area contributed by atoms with Crippen LogP contribution in [-0.4, -0.2) is 139 Å². The molecule has 2 aromatic carbocycles. The fraction of sp³-hybridized carbons (Fsp3) is 0.550. The first-order valence-corrected chi connectivity index (χ1v) is 25.8. The van der Waals surface area contributed by atoms with Crippen molar-refractivity contribution in [3.05, 3.63) is 43.7 Å². The Hall–Kier alpha value is 0.120. The molecule has 16 nitrogen and oxygen atoms in total. The number of halogens is 6. The molecule has 0 saturated heterocycles. The molecule has 5 unspecified atom stereocenters. The van der Waals surface area contributed by atoms with Gasteiger partial charge >= 0.3 is 0 Å². The first-order chi connectivity index (χ1) is 29.0. The van der Waals surface area contributed by atoms with E-state index in [-0.39, 0.29) is 103 Å². The number of ketones is 4. The molecule has 0 bridgehead atoms. The minimum atomic E-state index is -1.53. The van der Waals surface area contributed by atoms with Gasteiger partial charge in [0.1, 0.15) is 0 Å².